The van der Waals surface area contributed by atoms with Crippen molar-refractivity contribution in [3.8, 4) is 0 Å². The van der Waals surface area contributed by atoms with Crippen LogP contribution in [-0.4, -0.2) is 10.9 Å². The van der Waals surface area contributed by atoms with Gasteiger partial charge < -0.3 is 0 Å². The monoisotopic (exact) mass is 298 g/mol. The minimum atomic E-state index is -0.240. The molecule has 0 aliphatic carbocycles. The minimum absolute atomic E-state index is 0.240. The van der Waals surface area contributed by atoms with E-state index in [9.17, 15) is 4.79 Å². The summed E-state index contributed by atoms with van der Waals surface area (Å²) in [5.41, 5.74) is 0.804. The normalized spacial score (nSPS) is 10.8. The lowest BCUT2D eigenvalue weighted by molar-refractivity contribution is -0.111. The summed E-state index contributed by atoms with van der Waals surface area (Å²) in [6, 6.07) is 5.15. The molecule has 0 unspecified atom stereocenters. The van der Waals surface area contributed by atoms with E-state index >= 15 is 0 Å². The summed E-state index contributed by atoms with van der Waals surface area (Å²) in [6.45, 7) is 0. The third-order valence-electron chi connectivity index (χ3n) is 2.03. The quantitative estimate of drug-likeness (QED) is 0.867. The summed E-state index contributed by atoms with van der Waals surface area (Å²) in [5, 5.41) is 5.94. The highest BCUT2D eigenvalue weighted by molar-refractivity contribution is 7.13. The molecule has 18 heavy (non-hydrogen) atoms. The van der Waals surface area contributed by atoms with Gasteiger partial charge in [0.15, 0.2) is 5.13 Å². The highest BCUT2D eigenvalue weighted by Crippen LogP contribution is 2.23. The van der Waals surface area contributed by atoms with E-state index in [0.29, 0.717) is 15.2 Å². The summed E-state index contributed by atoms with van der Waals surface area (Å²) >= 11 is 13.0. The number of anilines is 1. The van der Waals surface area contributed by atoms with Crippen molar-refractivity contribution in [2.75, 3.05) is 5.32 Å². The first-order chi connectivity index (χ1) is 8.65. The number of halogens is 2. The maximum atomic E-state index is 11.5. The van der Waals surface area contributed by atoms with Gasteiger partial charge in [0.2, 0.25) is 5.91 Å². The zero-order valence-electron chi connectivity index (χ0n) is 9.06. The number of thiazole rings is 1. The second-order valence-electron chi connectivity index (χ2n) is 3.33. The van der Waals surface area contributed by atoms with E-state index in [0.717, 1.165) is 5.56 Å². The molecule has 0 aliphatic heterocycles. The van der Waals surface area contributed by atoms with E-state index < -0.39 is 0 Å². The summed E-state index contributed by atoms with van der Waals surface area (Å²) in [7, 11) is 0. The van der Waals surface area contributed by atoms with Crippen LogP contribution in [0.4, 0.5) is 5.13 Å². The lowest BCUT2D eigenvalue weighted by Crippen LogP contribution is -2.06. The molecule has 3 nitrogen and oxygen atoms in total. The van der Waals surface area contributed by atoms with Crippen LogP contribution >= 0.6 is 34.5 Å². The number of benzene rings is 1. The summed E-state index contributed by atoms with van der Waals surface area (Å²) in [4.78, 5) is 15.5. The van der Waals surface area contributed by atoms with Gasteiger partial charge in [-0.15, -0.1) is 11.3 Å². The lowest BCUT2D eigenvalue weighted by Gasteiger charge is -1.98. The molecule has 0 saturated carbocycles. The van der Waals surface area contributed by atoms with Gasteiger partial charge in [-0.1, -0.05) is 29.3 Å². The molecular weight excluding hydrogens is 291 g/mol. The first kappa shape index (κ1) is 13.1. The standard InChI is InChI=1S/C12H8Cl2N2OS/c13-9-3-1-8(7-10(9)14)2-4-11(17)16-12-15-5-6-18-12/h1-7H,(H,15,16,17)/b4-2+. The maximum Gasteiger partial charge on any atom is 0.250 e. The van der Waals surface area contributed by atoms with E-state index in [1.54, 1.807) is 35.9 Å². The summed E-state index contributed by atoms with van der Waals surface area (Å²) in [6.07, 6.45) is 4.70. The highest BCUT2D eigenvalue weighted by atomic mass is 35.5. The van der Waals surface area contributed by atoms with Crippen molar-refractivity contribution in [1.82, 2.24) is 4.98 Å². The number of hydrogen-bond donors (Lipinski definition) is 1. The molecule has 1 N–H and O–H groups in total. The fourth-order valence-electron chi connectivity index (χ4n) is 1.22. The third kappa shape index (κ3) is 3.57. The molecule has 0 radical (unpaired) electrons. The van der Waals surface area contributed by atoms with Crippen LogP contribution in [0.1, 0.15) is 5.56 Å². The Morgan fingerprint density at radius 1 is 1.33 bits per heavy atom. The second-order valence-corrected chi connectivity index (χ2v) is 5.04. The molecule has 0 saturated heterocycles. The molecule has 2 rings (SSSR count). The molecule has 0 fully saturated rings. The van der Waals surface area contributed by atoms with Gasteiger partial charge in [-0.2, -0.15) is 0 Å². The highest BCUT2D eigenvalue weighted by Gasteiger charge is 2.00. The van der Waals surface area contributed by atoms with E-state index in [4.69, 9.17) is 23.2 Å². The second kappa shape index (κ2) is 6.00. The number of carbonyl (C=O) groups is 1. The van der Waals surface area contributed by atoms with Crippen molar-refractivity contribution in [3.05, 3.63) is 51.5 Å². The fraction of sp³-hybridized carbons (Fsp3) is 0. The van der Waals surface area contributed by atoms with Crippen LogP contribution in [0.15, 0.2) is 35.9 Å². The summed E-state index contributed by atoms with van der Waals surface area (Å²) in [5.74, 6) is -0.240. The van der Waals surface area contributed by atoms with Gasteiger partial charge in [-0.3, -0.25) is 10.1 Å². The zero-order valence-corrected chi connectivity index (χ0v) is 11.4. The van der Waals surface area contributed by atoms with Gasteiger partial charge in [0.25, 0.3) is 0 Å². The number of amides is 1. The largest absolute Gasteiger partial charge is 0.298 e. The molecule has 6 heteroatoms. The van der Waals surface area contributed by atoms with Crippen molar-refractivity contribution in [1.29, 1.82) is 0 Å². The van der Waals surface area contributed by atoms with Crippen LogP contribution in [0.2, 0.25) is 10.0 Å². The van der Waals surface area contributed by atoms with Crippen molar-refractivity contribution in [2.45, 2.75) is 0 Å². The first-order valence-electron chi connectivity index (χ1n) is 4.99. The number of hydrogen-bond acceptors (Lipinski definition) is 3. The molecule has 1 amide bonds. The van der Waals surface area contributed by atoms with Gasteiger partial charge in [-0.25, -0.2) is 4.98 Å². The molecule has 0 aliphatic rings. The smallest absolute Gasteiger partial charge is 0.250 e. The average Bonchev–Trinajstić information content (AvgIpc) is 2.83. The molecule has 1 heterocycles. The van der Waals surface area contributed by atoms with Gasteiger partial charge >= 0.3 is 0 Å². The van der Waals surface area contributed by atoms with Gasteiger partial charge in [-0.05, 0) is 23.8 Å². The lowest BCUT2D eigenvalue weighted by atomic mass is 10.2. The van der Waals surface area contributed by atoms with Crippen LogP contribution in [-0.2, 0) is 4.79 Å². The van der Waals surface area contributed by atoms with E-state index in [1.807, 2.05) is 0 Å². The van der Waals surface area contributed by atoms with Crippen molar-refractivity contribution >= 4 is 51.7 Å². The minimum Gasteiger partial charge on any atom is -0.298 e. The molecular formula is C12H8Cl2N2OS. The van der Waals surface area contributed by atoms with Gasteiger partial charge in [0.1, 0.15) is 0 Å². The number of rotatable bonds is 3. The molecule has 0 atom stereocenters. The van der Waals surface area contributed by atoms with E-state index in [-0.39, 0.29) is 5.91 Å². The Balaban J connectivity index is 2.01. The Bertz CT molecular complexity index is 582. The molecule has 1 aromatic heterocycles. The van der Waals surface area contributed by atoms with Crippen molar-refractivity contribution in [2.24, 2.45) is 0 Å². The fourth-order valence-corrected chi connectivity index (χ4v) is 2.06. The Labute approximate surface area is 118 Å². The topological polar surface area (TPSA) is 42.0 Å². The Hall–Kier alpha value is -1.36. The average molecular weight is 299 g/mol. The van der Waals surface area contributed by atoms with E-state index in [1.165, 1.54) is 17.4 Å². The molecule has 0 bridgehead atoms. The van der Waals surface area contributed by atoms with Crippen molar-refractivity contribution < 1.29 is 4.79 Å². The van der Waals surface area contributed by atoms with Crippen LogP contribution in [0, 0.1) is 0 Å². The molecule has 2 aromatic rings. The number of carbonyl (C=O) groups excluding carboxylic acids is 1. The number of nitrogens with zero attached hydrogens (tertiary/aromatic N) is 1. The molecule has 92 valence electrons. The summed E-state index contributed by atoms with van der Waals surface area (Å²) < 4.78 is 0. The number of nitrogens with one attached hydrogen (secondary N) is 1. The van der Waals surface area contributed by atoms with Gasteiger partial charge in [0.05, 0.1) is 10.0 Å². The first-order valence-corrected chi connectivity index (χ1v) is 6.62. The van der Waals surface area contributed by atoms with Crippen LogP contribution in [0.3, 0.4) is 0 Å². The molecule has 0 spiro atoms. The number of aromatic nitrogens is 1. The third-order valence-corrected chi connectivity index (χ3v) is 3.46. The Morgan fingerprint density at radius 3 is 2.83 bits per heavy atom. The van der Waals surface area contributed by atoms with Crippen LogP contribution in [0.5, 0.6) is 0 Å². The zero-order chi connectivity index (χ0) is 13.0. The maximum absolute atomic E-state index is 11.5. The Kier molecular flexibility index (Phi) is 4.36. The van der Waals surface area contributed by atoms with E-state index in [2.05, 4.69) is 10.3 Å². The van der Waals surface area contributed by atoms with Crippen LogP contribution < -0.4 is 5.32 Å². The molecule has 1 aromatic carbocycles. The van der Waals surface area contributed by atoms with Crippen molar-refractivity contribution in [3.63, 3.8) is 0 Å². The van der Waals surface area contributed by atoms with Crippen LogP contribution in [0.25, 0.3) is 6.08 Å². The Morgan fingerprint density at radius 2 is 2.17 bits per heavy atom. The SMILES string of the molecule is O=C(/C=C/c1ccc(Cl)c(Cl)c1)Nc1nccs1. The predicted octanol–water partition coefficient (Wildman–Crippen LogP) is 4.10. The van der Waals surface area contributed by atoms with Gasteiger partial charge in [0, 0.05) is 17.7 Å². The predicted molar refractivity (Wildman–Crippen MR) is 76.2 cm³/mol.